The van der Waals surface area contributed by atoms with Crippen LogP contribution in [0.15, 0.2) is 24.3 Å². The fourth-order valence-corrected chi connectivity index (χ4v) is 2.78. The van der Waals surface area contributed by atoms with Gasteiger partial charge >= 0.3 is 0 Å². The minimum atomic E-state index is -0.815. The quantitative estimate of drug-likeness (QED) is 0.617. The van der Waals surface area contributed by atoms with Gasteiger partial charge in [-0.15, -0.1) is 0 Å². The summed E-state index contributed by atoms with van der Waals surface area (Å²) >= 11 is 0. The summed E-state index contributed by atoms with van der Waals surface area (Å²) in [5.41, 5.74) is -0.0649. The van der Waals surface area contributed by atoms with E-state index in [1.165, 1.54) is 0 Å². The van der Waals surface area contributed by atoms with Crippen molar-refractivity contribution < 1.29 is 14.3 Å². The van der Waals surface area contributed by atoms with Gasteiger partial charge in [0, 0.05) is 18.8 Å². The van der Waals surface area contributed by atoms with E-state index in [1.807, 2.05) is 52.2 Å². The van der Waals surface area contributed by atoms with Crippen molar-refractivity contribution >= 4 is 11.6 Å². The highest BCUT2D eigenvalue weighted by atomic mass is 16.5. The summed E-state index contributed by atoms with van der Waals surface area (Å²) in [5.74, 6) is 1.08. The second kappa shape index (κ2) is 10.4. The third kappa shape index (κ3) is 7.88. The van der Waals surface area contributed by atoms with Crippen molar-refractivity contribution in [2.45, 2.75) is 46.1 Å². The van der Waals surface area contributed by atoms with E-state index in [0.29, 0.717) is 25.6 Å². The number of hydrogen-bond acceptors (Lipinski definition) is 4. The lowest BCUT2D eigenvalue weighted by atomic mass is 9.93. The van der Waals surface area contributed by atoms with Crippen LogP contribution in [0.1, 0.15) is 40.5 Å². The number of benzene rings is 1. The number of hydrogen-bond donors (Lipinski definition) is 1. The maximum atomic E-state index is 12.6. The smallest absolute Gasteiger partial charge is 0.256 e. The monoisotopic (exact) mass is 350 g/mol. The molecular weight excluding hydrogens is 316 g/mol. The number of anilines is 1. The molecule has 1 aromatic rings. The Balaban J connectivity index is 2.59. The second-order valence-corrected chi connectivity index (χ2v) is 7.25. The second-order valence-electron chi connectivity index (χ2n) is 7.25. The molecule has 0 heterocycles. The molecule has 0 saturated carbocycles. The van der Waals surface area contributed by atoms with Crippen molar-refractivity contribution in [3.8, 4) is 5.75 Å². The molecule has 1 atom stereocenters. The van der Waals surface area contributed by atoms with Crippen LogP contribution in [-0.4, -0.2) is 50.3 Å². The summed E-state index contributed by atoms with van der Waals surface area (Å²) in [4.78, 5) is 14.8. The third-order valence-electron chi connectivity index (χ3n) is 3.87. The molecule has 0 spiro atoms. The van der Waals surface area contributed by atoms with Crippen LogP contribution < -0.4 is 10.1 Å². The normalized spacial score (nSPS) is 13.8. The van der Waals surface area contributed by atoms with E-state index in [9.17, 15) is 4.79 Å². The van der Waals surface area contributed by atoms with Crippen LogP contribution >= 0.6 is 0 Å². The highest BCUT2D eigenvalue weighted by Gasteiger charge is 2.34. The van der Waals surface area contributed by atoms with E-state index in [0.717, 1.165) is 24.4 Å². The molecule has 1 N–H and O–H groups in total. The Morgan fingerprint density at radius 1 is 1.24 bits per heavy atom. The molecule has 1 rings (SSSR count). The number of rotatable bonds is 11. The predicted molar refractivity (Wildman–Crippen MR) is 103 cm³/mol. The molecule has 0 aromatic heterocycles. The number of nitrogens with zero attached hydrogens (tertiary/aromatic N) is 1. The van der Waals surface area contributed by atoms with Crippen molar-refractivity contribution in [3.05, 3.63) is 24.3 Å². The van der Waals surface area contributed by atoms with Crippen molar-refractivity contribution in [3.63, 3.8) is 0 Å². The van der Waals surface area contributed by atoms with Gasteiger partial charge in [-0.05, 0) is 71.0 Å². The van der Waals surface area contributed by atoms with Crippen LogP contribution in [0.5, 0.6) is 5.75 Å². The molecular formula is C20H34N2O3. The van der Waals surface area contributed by atoms with Crippen molar-refractivity contribution in [1.82, 2.24) is 4.90 Å². The van der Waals surface area contributed by atoms with Gasteiger partial charge in [-0.25, -0.2) is 0 Å². The Morgan fingerprint density at radius 2 is 1.88 bits per heavy atom. The molecule has 0 aliphatic rings. The van der Waals surface area contributed by atoms with Crippen LogP contribution in [0, 0.1) is 5.92 Å². The molecule has 0 bridgehead atoms. The van der Waals surface area contributed by atoms with E-state index >= 15 is 0 Å². The van der Waals surface area contributed by atoms with Gasteiger partial charge in [0.1, 0.15) is 11.4 Å². The summed E-state index contributed by atoms with van der Waals surface area (Å²) in [6.45, 7) is 10.1. The average molecular weight is 351 g/mol. The van der Waals surface area contributed by atoms with Gasteiger partial charge in [0.15, 0.2) is 0 Å². The lowest BCUT2D eigenvalue weighted by molar-refractivity contribution is -0.140. The maximum absolute atomic E-state index is 12.6. The van der Waals surface area contributed by atoms with Gasteiger partial charge in [0.05, 0.1) is 6.61 Å². The molecule has 0 aliphatic heterocycles. The number of carbonyl (C=O) groups is 1. The van der Waals surface area contributed by atoms with E-state index in [4.69, 9.17) is 9.47 Å². The van der Waals surface area contributed by atoms with Crippen LogP contribution in [0.4, 0.5) is 5.69 Å². The molecule has 0 aliphatic carbocycles. The Bertz CT molecular complexity index is 514. The summed E-state index contributed by atoms with van der Waals surface area (Å²) in [6, 6.07) is 7.49. The highest BCUT2D eigenvalue weighted by molar-refractivity contribution is 5.97. The summed E-state index contributed by atoms with van der Waals surface area (Å²) in [5, 5.41) is 2.96. The van der Waals surface area contributed by atoms with E-state index in [1.54, 1.807) is 0 Å². The topological polar surface area (TPSA) is 50.8 Å². The maximum Gasteiger partial charge on any atom is 0.256 e. The first-order chi connectivity index (χ1) is 11.8. The Labute approximate surface area is 152 Å². The standard InChI is InChI=1S/C20H34N2O3/c1-7-25-20(4,15-16(2)3)19(23)21-17-9-11-18(12-10-17)24-14-8-13-22(5)6/h9-12,16H,7-8,13-15H2,1-6H3,(H,21,23)/t20-/m1/s1. The minimum Gasteiger partial charge on any atom is -0.494 e. The molecule has 1 aromatic carbocycles. The van der Waals surface area contributed by atoms with Crippen molar-refractivity contribution in [1.29, 1.82) is 0 Å². The van der Waals surface area contributed by atoms with E-state index < -0.39 is 5.60 Å². The molecule has 0 unspecified atom stereocenters. The third-order valence-corrected chi connectivity index (χ3v) is 3.87. The Kier molecular flexibility index (Phi) is 8.93. The molecule has 5 heteroatoms. The van der Waals surface area contributed by atoms with Gasteiger partial charge in [0.2, 0.25) is 0 Å². The zero-order chi connectivity index (χ0) is 18.9. The van der Waals surface area contributed by atoms with Gasteiger partial charge in [0.25, 0.3) is 5.91 Å². The number of amides is 1. The average Bonchev–Trinajstić information content (AvgIpc) is 2.52. The summed E-state index contributed by atoms with van der Waals surface area (Å²) in [7, 11) is 4.10. The largest absolute Gasteiger partial charge is 0.494 e. The summed E-state index contributed by atoms with van der Waals surface area (Å²) in [6.07, 6.45) is 1.66. The molecule has 0 saturated heterocycles. The molecule has 25 heavy (non-hydrogen) atoms. The minimum absolute atomic E-state index is 0.109. The molecule has 1 amide bonds. The van der Waals surface area contributed by atoms with Gasteiger partial charge in [-0.3, -0.25) is 4.79 Å². The first-order valence-electron chi connectivity index (χ1n) is 9.10. The van der Waals surface area contributed by atoms with E-state index in [2.05, 4.69) is 24.1 Å². The van der Waals surface area contributed by atoms with Crippen molar-refractivity contribution in [2.75, 3.05) is 39.2 Å². The Morgan fingerprint density at radius 3 is 2.40 bits per heavy atom. The number of ether oxygens (including phenoxy) is 2. The van der Waals surface area contributed by atoms with Gasteiger partial charge in [-0.2, -0.15) is 0 Å². The fraction of sp³-hybridized carbons (Fsp3) is 0.650. The van der Waals surface area contributed by atoms with Crippen LogP contribution in [0.3, 0.4) is 0 Å². The van der Waals surface area contributed by atoms with Crippen LogP contribution in [-0.2, 0) is 9.53 Å². The SMILES string of the molecule is CCO[C@](C)(CC(C)C)C(=O)Nc1ccc(OCCCN(C)C)cc1. The lowest BCUT2D eigenvalue weighted by Gasteiger charge is -2.29. The molecule has 5 nitrogen and oxygen atoms in total. The zero-order valence-corrected chi connectivity index (χ0v) is 16.6. The number of nitrogens with one attached hydrogen (secondary N) is 1. The van der Waals surface area contributed by atoms with E-state index in [-0.39, 0.29) is 5.91 Å². The number of carbonyl (C=O) groups excluding carboxylic acids is 1. The summed E-state index contributed by atoms with van der Waals surface area (Å²) < 4.78 is 11.5. The first kappa shape index (κ1) is 21.5. The first-order valence-corrected chi connectivity index (χ1v) is 9.10. The van der Waals surface area contributed by atoms with Crippen LogP contribution in [0.2, 0.25) is 0 Å². The van der Waals surface area contributed by atoms with Gasteiger partial charge < -0.3 is 19.7 Å². The fourth-order valence-electron chi connectivity index (χ4n) is 2.78. The lowest BCUT2D eigenvalue weighted by Crippen LogP contribution is -2.43. The predicted octanol–water partition coefficient (Wildman–Crippen LogP) is 3.80. The molecule has 0 fully saturated rings. The van der Waals surface area contributed by atoms with Crippen molar-refractivity contribution in [2.24, 2.45) is 5.92 Å². The van der Waals surface area contributed by atoms with Gasteiger partial charge in [-0.1, -0.05) is 13.8 Å². The molecule has 142 valence electrons. The zero-order valence-electron chi connectivity index (χ0n) is 16.6. The highest BCUT2D eigenvalue weighted by Crippen LogP contribution is 2.24. The van der Waals surface area contributed by atoms with Crippen LogP contribution in [0.25, 0.3) is 0 Å². The molecule has 0 radical (unpaired) electrons. The Hall–Kier alpha value is -1.59.